The van der Waals surface area contributed by atoms with E-state index in [1.54, 1.807) is 69.2 Å². The molecular formula is C42H59N2O8P. The molecule has 1 aliphatic heterocycles. The first kappa shape index (κ1) is 42.0. The predicted octanol–water partition coefficient (Wildman–Crippen LogP) is 10.1. The number of amides is 2. The number of carbonyl (C=O) groups is 3. The van der Waals surface area contributed by atoms with Crippen LogP contribution in [0.5, 0.6) is 0 Å². The van der Waals surface area contributed by atoms with Crippen LogP contribution in [0.3, 0.4) is 0 Å². The Morgan fingerprint density at radius 2 is 1.36 bits per heavy atom. The Bertz CT molecular complexity index is 1780. The van der Waals surface area contributed by atoms with Crippen molar-refractivity contribution < 1.29 is 37.7 Å². The molecule has 0 spiro atoms. The number of benzene rings is 3. The van der Waals surface area contributed by atoms with Gasteiger partial charge in [0.15, 0.2) is 5.16 Å². The van der Waals surface area contributed by atoms with Gasteiger partial charge in [0, 0.05) is 32.3 Å². The number of ether oxygens (including phenoxy) is 3. The van der Waals surface area contributed by atoms with E-state index in [-0.39, 0.29) is 32.3 Å². The Kier molecular flexibility index (Phi) is 13.3. The molecule has 2 amide bonds. The second kappa shape index (κ2) is 16.7. The number of hydrogen-bond acceptors (Lipinski definition) is 9. The van der Waals surface area contributed by atoms with E-state index in [1.807, 2.05) is 24.3 Å². The van der Waals surface area contributed by atoms with Crippen molar-refractivity contribution in [3.05, 3.63) is 72.3 Å². The number of esters is 1. The second-order valence-corrected chi connectivity index (χ2v) is 19.8. The van der Waals surface area contributed by atoms with Gasteiger partial charge in [0.05, 0.1) is 6.61 Å². The van der Waals surface area contributed by atoms with Crippen molar-refractivity contribution >= 4 is 36.3 Å². The lowest BCUT2D eigenvalue weighted by molar-refractivity contribution is -0.160. The average Bonchev–Trinajstić information content (AvgIpc) is 3.03. The number of nitrogens with zero attached hydrogens (tertiary/aromatic N) is 2. The van der Waals surface area contributed by atoms with Crippen LogP contribution in [0.4, 0.5) is 9.59 Å². The smallest absolute Gasteiger partial charge is 0.419 e. The molecule has 290 valence electrons. The molecule has 1 heterocycles. The van der Waals surface area contributed by atoms with Gasteiger partial charge < -0.3 is 18.7 Å². The summed E-state index contributed by atoms with van der Waals surface area (Å²) in [5, 5.41) is 0.838. The average molecular weight is 751 g/mol. The van der Waals surface area contributed by atoms with Crippen LogP contribution in [0.1, 0.15) is 94.1 Å². The zero-order valence-electron chi connectivity index (χ0n) is 33.3. The zero-order chi connectivity index (χ0) is 39.2. The molecule has 2 atom stereocenters. The van der Waals surface area contributed by atoms with Crippen LogP contribution in [0.15, 0.2) is 66.7 Å². The van der Waals surface area contributed by atoms with E-state index in [1.165, 1.54) is 5.39 Å². The lowest BCUT2D eigenvalue weighted by Gasteiger charge is -2.46. The third-order valence-electron chi connectivity index (χ3n) is 8.89. The number of fused-ring (bicyclic) bond motifs is 1. The molecule has 1 saturated heterocycles. The highest BCUT2D eigenvalue weighted by atomic mass is 31.2. The number of carbonyl (C=O) groups excluding carboxylic acids is 3. The maximum atomic E-state index is 15.0. The first-order valence-corrected chi connectivity index (χ1v) is 20.5. The topological polar surface area (TPSA) is 112 Å². The minimum Gasteiger partial charge on any atom is -0.459 e. The summed E-state index contributed by atoms with van der Waals surface area (Å²) in [4.78, 5) is 43.9. The lowest BCUT2D eigenvalue weighted by atomic mass is 9.95. The molecule has 0 saturated carbocycles. The van der Waals surface area contributed by atoms with Gasteiger partial charge in [0.2, 0.25) is 7.37 Å². The summed E-state index contributed by atoms with van der Waals surface area (Å²) in [6.45, 7) is 18.8. The fraction of sp³-hybridized carbons (Fsp3) is 0.548. The van der Waals surface area contributed by atoms with Gasteiger partial charge in [0.1, 0.15) is 16.8 Å². The van der Waals surface area contributed by atoms with Crippen molar-refractivity contribution in [3.63, 3.8) is 0 Å². The standard InChI is InChI=1S/C42H59N2O8P/c1-11-49-53(48)27-26-43(29-34-20-14-15-21-35(34)33-23-22-31-18-12-13-19-32(31)28-33)30-42(53,36(45)50-39(2,3)4)24-16-17-25-44(37(46)51-40(5,6)7)38(47)52-41(8,9)10/h12-15,18-23,28H,11,16-17,24-27,29-30H2,1-10H3. The zero-order valence-corrected chi connectivity index (χ0v) is 34.2. The molecule has 2 unspecified atom stereocenters. The third-order valence-corrected chi connectivity index (χ3v) is 12.2. The fourth-order valence-electron chi connectivity index (χ4n) is 6.62. The van der Waals surface area contributed by atoms with E-state index in [0.717, 1.165) is 27.0 Å². The number of hydrogen-bond donors (Lipinski definition) is 0. The quantitative estimate of drug-likeness (QED) is 0.0818. The van der Waals surface area contributed by atoms with Crippen molar-refractivity contribution in [3.8, 4) is 11.1 Å². The van der Waals surface area contributed by atoms with Crippen LogP contribution >= 0.6 is 7.37 Å². The third kappa shape index (κ3) is 11.2. The molecule has 10 nitrogen and oxygen atoms in total. The van der Waals surface area contributed by atoms with E-state index in [0.29, 0.717) is 25.9 Å². The predicted molar refractivity (Wildman–Crippen MR) is 210 cm³/mol. The monoisotopic (exact) mass is 750 g/mol. The highest BCUT2D eigenvalue weighted by Crippen LogP contribution is 2.64. The van der Waals surface area contributed by atoms with Gasteiger partial charge in [-0.1, -0.05) is 60.7 Å². The van der Waals surface area contributed by atoms with Crippen LogP contribution < -0.4 is 0 Å². The molecule has 1 aliphatic rings. The van der Waals surface area contributed by atoms with Crippen LogP contribution in [-0.4, -0.2) is 82.3 Å². The fourth-order valence-corrected chi connectivity index (χ4v) is 9.63. The molecule has 0 aliphatic carbocycles. The lowest BCUT2D eigenvalue weighted by Crippen LogP contribution is -2.56. The summed E-state index contributed by atoms with van der Waals surface area (Å²) in [6, 6.07) is 22.9. The Morgan fingerprint density at radius 3 is 1.96 bits per heavy atom. The summed E-state index contributed by atoms with van der Waals surface area (Å²) >= 11 is 0. The van der Waals surface area contributed by atoms with Crippen molar-refractivity contribution in [1.29, 1.82) is 0 Å². The summed E-state index contributed by atoms with van der Waals surface area (Å²) in [7, 11) is -3.61. The minimum absolute atomic E-state index is 0.0178. The van der Waals surface area contributed by atoms with Crippen molar-refractivity contribution in [2.24, 2.45) is 0 Å². The molecule has 3 aromatic rings. The maximum Gasteiger partial charge on any atom is 0.419 e. The SMILES string of the molecule is CCOP1(=O)CCN(Cc2ccccc2-c2ccc3ccccc3c2)CC1(CCCCN(C(=O)OC(C)(C)C)C(=O)OC(C)(C)C)C(=O)OC(C)(C)C. The van der Waals surface area contributed by atoms with E-state index in [2.05, 4.69) is 47.4 Å². The molecule has 0 radical (unpaired) electrons. The van der Waals surface area contributed by atoms with Gasteiger partial charge in [0.25, 0.3) is 0 Å². The van der Waals surface area contributed by atoms with Crippen LogP contribution in [0.2, 0.25) is 0 Å². The second-order valence-electron chi connectivity index (χ2n) is 16.8. The molecule has 3 aromatic carbocycles. The Hall–Kier alpha value is -3.72. The van der Waals surface area contributed by atoms with Gasteiger partial charge in [-0.2, -0.15) is 0 Å². The number of rotatable bonds is 11. The molecule has 4 rings (SSSR count). The summed E-state index contributed by atoms with van der Waals surface area (Å²) in [5.74, 6) is -0.564. The highest BCUT2D eigenvalue weighted by molar-refractivity contribution is 7.62. The first-order chi connectivity index (χ1) is 24.7. The summed E-state index contributed by atoms with van der Waals surface area (Å²) in [6.07, 6.45) is -0.636. The molecule has 0 N–H and O–H groups in total. The van der Waals surface area contributed by atoms with Crippen LogP contribution in [0, 0.1) is 0 Å². The van der Waals surface area contributed by atoms with Crippen LogP contribution in [-0.2, 0) is 34.6 Å². The first-order valence-electron chi connectivity index (χ1n) is 18.7. The van der Waals surface area contributed by atoms with Gasteiger partial charge in [-0.25, -0.2) is 14.5 Å². The van der Waals surface area contributed by atoms with Gasteiger partial charge in [-0.3, -0.25) is 14.3 Å². The van der Waals surface area contributed by atoms with Crippen LogP contribution in [0.25, 0.3) is 21.9 Å². The van der Waals surface area contributed by atoms with E-state index in [9.17, 15) is 18.9 Å². The van der Waals surface area contributed by atoms with Crippen molar-refractivity contribution in [1.82, 2.24) is 9.80 Å². The molecule has 0 bridgehead atoms. The molecule has 0 aromatic heterocycles. The number of unbranched alkanes of at least 4 members (excludes halogenated alkanes) is 1. The Morgan fingerprint density at radius 1 is 0.774 bits per heavy atom. The van der Waals surface area contributed by atoms with E-state index >= 15 is 0 Å². The largest absolute Gasteiger partial charge is 0.459 e. The molecule has 11 heteroatoms. The van der Waals surface area contributed by atoms with E-state index in [4.69, 9.17) is 18.7 Å². The minimum atomic E-state index is -3.61. The maximum absolute atomic E-state index is 15.0. The summed E-state index contributed by atoms with van der Waals surface area (Å²) in [5.41, 5.74) is 0.760. The normalized spacial score (nSPS) is 19.8. The highest BCUT2D eigenvalue weighted by Gasteiger charge is 2.59. The van der Waals surface area contributed by atoms with Gasteiger partial charge in [-0.15, -0.1) is 0 Å². The summed E-state index contributed by atoms with van der Waals surface area (Å²) < 4.78 is 38.2. The molecule has 1 fully saturated rings. The Balaban J connectivity index is 1.64. The molecule has 53 heavy (non-hydrogen) atoms. The Labute approximate surface area is 315 Å². The van der Waals surface area contributed by atoms with E-state index < -0.39 is 47.5 Å². The van der Waals surface area contributed by atoms with Crippen molar-refractivity contribution in [2.45, 2.75) is 117 Å². The molecular weight excluding hydrogens is 691 g/mol. The van der Waals surface area contributed by atoms with Gasteiger partial charge >= 0.3 is 18.2 Å². The number of imide groups is 1. The van der Waals surface area contributed by atoms with Crippen molar-refractivity contribution in [2.75, 3.05) is 32.4 Å². The van der Waals surface area contributed by atoms with Gasteiger partial charge in [-0.05, 0) is 122 Å².